The van der Waals surface area contributed by atoms with Gasteiger partial charge in [0, 0.05) is 11.4 Å². The maximum atomic E-state index is 4.35. The summed E-state index contributed by atoms with van der Waals surface area (Å²) in [4.78, 5) is 8.62. The number of hydrogen-bond acceptors (Lipinski definition) is 3. The maximum Gasteiger partial charge on any atom is 0.137 e. The molecule has 0 bridgehead atoms. The molecule has 3 heteroatoms. The fourth-order valence-corrected chi connectivity index (χ4v) is 2.04. The Bertz CT molecular complexity index is 488. The van der Waals surface area contributed by atoms with E-state index in [0.717, 1.165) is 23.1 Å². The number of benzene rings is 1. The molecule has 0 radical (unpaired) electrons. The average Bonchev–Trinajstić information content (AvgIpc) is 2.35. The van der Waals surface area contributed by atoms with Crippen LogP contribution in [0.25, 0.3) is 10.9 Å². The largest absolute Gasteiger partial charge is 0.366 e. The van der Waals surface area contributed by atoms with Crippen LogP contribution in [0.15, 0.2) is 30.6 Å². The quantitative estimate of drug-likeness (QED) is 0.872. The van der Waals surface area contributed by atoms with Crippen LogP contribution in [0, 0.1) is 5.92 Å². The van der Waals surface area contributed by atoms with E-state index < -0.39 is 0 Å². The van der Waals surface area contributed by atoms with Crippen molar-refractivity contribution >= 4 is 16.7 Å². The molecule has 1 unspecified atom stereocenters. The van der Waals surface area contributed by atoms with E-state index in [2.05, 4.69) is 42.1 Å². The van der Waals surface area contributed by atoms with Crippen LogP contribution in [0.2, 0.25) is 0 Å². The summed E-state index contributed by atoms with van der Waals surface area (Å²) in [5.41, 5.74) is 0.989. The number of rotatable bonds is 4. The summed E-state index contributed by atoms with van der Waals surface area (Å²) in [6, 6.07) is 8.54. The van der Waals surface area contributed by atoms with E-state index in [1.165, 1.54) is 0 Å². The lowest BCUT2D eigenvalue weighted by molar-refractivity contribution is 0.510. The Morgan fingerprint density at radius 1 is 1.18 bits per heavy atom. The molecule has 0 aliphatic heterocycles. The summed E-state index contributed by atoms with van der Waals surface area (Å²) in [6.07, 6.45) is 2.72. The summed E-state index contributed by atoms with van der Waals surface area (Å²) in [6.45, 7) is 6.65. The van der Waals surface area contributed by atoms with Gasteiger partial charge in [-0.3, -0.25) is 0 Å². The molecular weight excluding hydrogens is 210 g/mol. The van der Waals surface area contributed by atoms with Crippen molar-refractivity contribution < 1.29 is 0 Å². The second-order valence-electron chi connectivity index (χ2n) is 4.64. The van der Waals surface area contributed by atoms with Crippen molar-refractivity contribution in [2.75, 3.05) is 5.32 Å². The Morgan fingerprint density at radius 2 is 1.94 bits per heavy atom. The second kappa shape index (κ2) is 5.13. The number of anilines is 1. The molecule has 0 aliphatic carbocycles. The lowest BCUT2D eigenvalue weighted by Crippen LogP contribution is -2.25. The summed E-state index contributed by atoms with van der Waals surface area (Å²) >= 11 is 0. The smallest absolute Gasteiger partial charge is 0.137 e. The predicted octanol–water partition coefficient (Wildman–Crippen LogP) is 3.48. The number of nitrogens with one attached hydrogen (secondary N) is 1. The second-order valence-corrected chi connectivity index (χ2v) is 4.64. The van der Waals surface area contributed by atoms with E-state index in [-0.39, 0.29) is 0 Å². The highest BCUT2D eigenvalue weighted by Crippen LogP contribution is 2.21. The first-order valence-electron chi connectivity index (χ1n) is 6.18. The summed E-state index contributed by atoms with van der Waals surface area (Å²) in [7, 11) is 0. The van der Waals surface area contributed by atoms with Crippen molar-refractivity contribution in [2.45, 2.75) is 33.2 Å². The van der Waals surface area contributed by atoms with Gasteiger partial charge in [0.1, 0.15) is 12.1 Å². The van der Waals surface area contributed by atoms with Crippen LogP contribution in [-0.2, 0) is 0 Å². The highest BCUT2D eigenvalue weighted by Gasteiger charge is 2.12. The lowest BCUT2D eigenvalue weighted by Gasteiger charge is -2.21. The van der Waals surface area contributed by atoms with E-state index in [4.69, 9.17) is 0 Å². The Hall–Kier alpha value is -1.64. The van der Waals surface area contributed by atoms with E-state index in [1.807, 2.05) is 18.2 Å². The van der Waals surface area contributed by atoms with Crippen LogP contribution in [0.1, 0.15) is 27.2 Å². The van der Waals surface area contributed by atoms with Gasteiger partial charge in [-0.1, -0.05) is 32.9 Å². The standard InChI is InChI=1S/C14H19N3/c1-4-12(10(2)3)17-14-11-7-5-6-8-13(11)15-9-16-14/h5-10,12H,4H2,1-3H3,(H,15,16,17). The van der Waals surface area contributed by atoms with Crippen molar-refractivity contribution in [3.8, 4) is 0 Å². The molecule has 0 saturated carbocycles. The first kappa shape index (κ1) is 11.8. The summed E-state index contributed by atoms with van der Waals surface area (Å²) in [5.74, 6) is 1.53. The minimum absolute atomic E-state index is 0.452. The Kier molecular flexibility index (Phi) is 3.57. The lowest BCUT2D eigenvalue weighted by atomic mass is 10.0. The molecule has 1 aromatic heterocycles. The van der Waals surface area contributed by atoms with Gasteiger partial charge in [0.25, 0.3) is 0 Å². The van der Waals surface area contributed by atoms with Gasteiger partial charge in [-0.2, -0.15) is 0 Å². The third-order valence-electron chi connectivity index (χ3n) is 3.11. The van der Waals surface area contributed by atoms with Gasteiger partial charge in [-0.25, -0.2) is 9.97 Å². The first-order chi connectivity index (χ1) is 8.22. The molecule has 90 valence electrons. The third kappa shape index (κ3) is 2.54. The van der Waals surface area contributed by atoms with Crippen LogP contribution in [0.5, 0.6) is 0 Å². The molecule has 0 saturated heterocycles. The zero-order valence-corrected chi connectivity index (χ0v) is 10.6. The van der Waals surface area contributed by atoms with E-state index in [0.29, 0.717) is 12.0 Å². The normalized spacial score (nSPS) is 12.9. The van der Waals surface area contributed by atoms with Gasteiger partial charge < -0.3 is 5.32 Å². The Balaban J connectivity index is 2.35. The number of hydrogen-bond donors (Lipinski definition) is 1. The van der Waals surface area contributed by atoms with Crippen molar-refractivity contribution in [2.24, 2.45) is 5.92 Å². The van der Waals surface area contributed by atoms with Crippen molar-refractivity contribution in [1.82, 2.24) is 9.97 Å². The Morgan fingerprint density at radius 3 is 2.65 bits per heavy atom. The predicted molar refractivity (Wildman–Crippen MR) is 72.1 cm³/mol. The van der Waals surface area contributed by atoms with Gasteiger partial charge in [0.05, 0.1) is 5.52 Å². The number of para-hydroxylation sites is 1. The highest BCUT2D eigenvalue weighted by molar-refractivity contribution is 5.88. The molecule has 1 N–H and O–H groups in total. The Labute approximate surface area is 102 Å². The number of fused-ring (bicyclic) bond motifs is 1. The molecule has 1 heterocycles. The summed E-state index contributed by atoms with van der Waals surface area (Å²) < 4.78 is 0. The molecule has 2 aromatic rings. The van der Waals surface area contributed by atoms with Gasteiger partial charge in [-0.15, -0.1) is 0 Å². The fourth-order valence-electron chi connectivity index (χ4n) is 2.04. The average molecular weight is 229 g/mol. The molecule has 0 aliphatic rings. The van der Waals surface area contributed by atoms with E-state index in [1.54, 1.807) is 6.33 Å². The van der Waals surface area contributed by atoms with Crippen molar-refractivity contribution in [3.63, 3.8) is 0 Å². The van der Waals surface area contributed by atoms with E-state index in [9.17, 15) is 0 Å². The van der Waals surface area contributed by atoms with Crippen LogP contribution < -0.4 is 5.32 Å². The van der Waals surface area contributed by atoms with Crippen LogP contribution in [0.3, 0.4) is 0 Å². The fraction of sp³-hybridized carbons (Fsp3) is 0.429. The molecule has 2 rings (SSSR count). The zero-order valence-electron chi connectivity index (χ0n) is 10.6. The van der Waals surface area contributed by atoms with Gasteiger partial charge in [0.2, 0.25) is 0 Å². The number of nitrogens with zero attached hydrogens (tertiary/aromatic N) is 2. The number of aromatic nitrogens is 2. The van der Waals surface area contributed by atoms with Gasteiger partial charge in [0.15, 0.2) is 0 Å². The molecule has 17 heavy (non-hydrogen) atoms. The molecule has 1 aromatic carbocycles. The van der Waals surface area contributed by atoms with Gasteiger partial charge in [-0.05, 0) is 24.5 Å². The van der Waals surface area contributed by atoms with Crippen molar-refractivity contribution in [1.29, 1.82) is 0 Å². The monoisotopic (exact) mass is 229 g/mol. The van der Waals surface area contributed by atoms with Gasteiger partial charge >= 0.3 is 0 Å². The van der Waals surface area contributed by atoms with Crippen LogP contribution >= 0.6 is 0 Å². The minimum atomic E-state index is 0.452. The molecule has 1 atom stereocenters. The topological polar surface area (TPSA) is 37.8 Å². The third-order valence-corrected chi connectivity index (χ3v) is 3.11. The highest BCUT2D eigenvalue weighted by atomic mass is 15.0. The zero-order chi connectivity index (χ0) is 12.3. The van der Waals surface area contributed by atoms with Crippen LogP contribution in [-0.4, -0.2) is 16.0 Å². The molecule has 3 nitrogen and oxygen atoms in total. The SMILES string of the molecule is CCC(Nc1ncnc2ccccc12)C(C)C. The maximum absolute atomic E-state index is 4.35. The van der Waals surface area contributed by atoms with Crippen LogP contribution in [0.4, 0.5) is 5.82 Å². The molecular formula is C14H19N3. The van der Waals surface area contributed by atoms with E-state index >= 15 is 0 Å². The summed E-state index contributed by atoms with van der Waals surface area (Å²) in [5, 5.41) is 4.61. The minimum Gasteiger partial charge on any atom is -0.366 e. The molecule has 0 fully saturated rings. The van der Waals surface area contributed by atoms with Crippen molar-refractivity contribution in [3.05, 3.63) is 30.6 Å². The molecule has 0 amide bonds. The molecule has 0 spiro atoms. The first-order valence-corrected chi connectivity index (χ1v) is 6.18.